The molecule has 0 saturated heterocycles. The van der Waals surface area contributed by atoms with Crippen molar-refractivity contribution in [3.8, 4) is 11.5 Å². The van der Waals surface area contributed by atoms with Gasteiger partial charge in [0.25, 0.3) is 0 Å². The van der Waals surface area contributed by atoms with E-state index in [0.717, 1.165) is 11.6 Å². The first-order valence-electron chi connectivity index (χ1n) is 12.0. The standard InChI is InChI=1S/C28H29F3N2O3S/c1-3-33-18-19(2)26(24-12-6-13-25(27(24)33)28(29,30)31)20-8-4-9-21(16-20)36-22-10-5-11-23(17-22)37(34,35)15-7-14-32/h4-6,8-13,16-18,27H,3,7,14-15,32H2,1-2H3. The second-order valence-corrected chi connectivity index (χ2v) is 11.0. The molecule has 37 heavy (non-hydrogen) atoms. The van der Waals surface area contributed by atoms with Crippen molar-refractivity contribution >= 4 is 15.4 Å². The summed E-state index contributed by atoms with van der Waals surface area (Å²) < 4.78 is 72.8. The van der Waals surface area contributed by atoms with E-state index in [1.807, 2.05) is 19.9 Å². The number of sulfone groups is 1. The average molecular weight is 531 g/mol. The Morgan fingerprint density at radius 1 is 1.08 bits per heavy atom. The molecule has 9 heteroatoms. The quantitative estimate of drug-likeness (QED) is 0.452. The Hall–Kier alpha value is -3.30. The van der Waals surface area contributed by atoms with Gasteiger partial charge in [-0.15, -0.1) is 0 Å². The minimum absolute atomic E-state index is 0.0528. The fourth-order valence-corrected chi connectivity index (χ4v) is 6.05. The van der Waals surface area contributed by atoms with Crippen LogP contribution < -0.4 is 10.5 Å². The van der Waals surface area contributed by atoms with Crippen LogP contribution in [0.1, 0.15) is 25.8 Å². The summed E-state index contributed by atoms with van der Waals surface area (Å²) in [6.45, 7) is 4.41. The van der Waals surface area contributed by atoms with E-state index in [0.29, 0.717) is 41.2 Å². The third-order valence-electron chi connectivity index (χ3n) is 6.35. The number of alkyl halides is 3. The van der Waals surface area contributed by atoms with Crippen LogP contribution in [0.25, 0.3) is 5.57 Å². The highest BCUT2D eigenvalue weighted by Gasteiger charge is 2.44. The molecule has 2 N–H and O–H groups in total. The second kappa shape index (κ2) is 10.6. The van der Waals surface area contributed by atoms with Crippen molar-refractivity contribution in [1.29, 1.82) is 0 Å². The highest BCUT2D eigenvalue weighted by molar-refractivity contribution is 7.91. The molecular weight excluding hydrogens is 501 g/mol. The highest BCUT2D eigenvalue weighted by Crippen LogP contribution is 2.44. The van der Waals surface area contributed by atoms with Gasteiger partial charge in [0.05, 0.1) is 22.3 Å². The molecule has 1 aliphatic carbocycles. The first-order chi connectivity index (χ1) is 17.5. The van der Waals surface area contributed by atoms with Crippen LogP contribution >= 0.6 is 0 Å². The Morgan fingerprint density at radius 3 is 2.46 bits per heavy atom. The zero-order chi connectivity index (χ0) is 26.8. The Bertz CT molecular complexity index is 1410. The van der Waals surface area contributed by atoms with Crippen molar-refractivity contribution in [3.63, 3.8) is 0 Å². The Kier molecular flexibility index (Phi) is 7.66. The Labute approximate surface area is 215 Å². The predicted molar refractivity (Wildman–Crippen MR) is 139 cm³/mol. The van der Waals surface area contributed by atoms with E-state index < -0.39 is 27.6 Å². The van der Waals surface area contributed by atoms with Gasteiger partial charge in [0, 0.05) is 12.7 Å². The largest absolute Gasteiger partial charge is 0.457 e. The number of ether oxygens (including phenoxy) is 1. The summed E-state index contributed by atoms with van der Waals surface area (Å²) in [5.41, 5.74) is 7.68. The maximum Gasteiger partial charge on any atom is 0.415 e. The van der Waals surface area contributed by atoms with Crippen molar-refractivity contribution in [2.24, 2.45) is 5.73 Å². The number of nitrogens with zero attached hydrogens (tertiary/aromatic N) is 1. The van der Waals surface area contributed by atoms with Gasteiger partial charge >= 0.3 is 6.18 Å². The summed E-state index contributed by atoms with van der Waals surface area (Å²) in [7, 11) is -3.49. The van der Waals surface area contributed by atoms with Crippen molar-refractivity contribution in [2.75, 3.05) is 18.8 Å². The molecule has 5 nitrogen and oxygen atoms in total. The zero-order valence-corrected chi connectivity index (χ0v) is 21.4. The van der Waals surface area contributed by atoms with E-state index in [2.05, 4.69) is 0 Å². The molecule has 0 aromatic heterocycles. The lowest BCUT2D eigenvalue weighted by Crippen LogP contribution is -2.42. The van der Waals surface area contributed by atoms with E-state index in [1.165, 1.54) is 18.2 Å². The summed E-state index contributed by atoms with van der Waals surface area (Å²) in [5.74, 6) is 0.730. The molecule has 0 bridgehead atoms. The minimum Gasteiger partial charge on any atom is -0.457 e. The van der Waals surface area contributed by atoms with Crippen molar-refractivity contribution < 1.29 is 26.3 Å². The highest BCUT2D eigenvalue weighted by atomic mass is 32.2. The number of benzene rings is 2. The van der Waals surface area contributed by atoms with E-state index in [4.69, 9.17) is 10.5 Å². The maximum atomic E-state index is 13.9. The number of rotatable bonds is 8. The first-order valence-corrected chi connectivity index (χ1v) is 13.7. The summed E-state index contributed by atoms with van der Waals surface area (Å²) >= 11 is 0. The monoisotopic (exact) mass is 530 g/mol. The van der Waals surface area contributed by atoms with Gasteiger partial charge in [0.1, 0.15) is 11.5 Å². The first kappa shape index (κ1) is 26.8. The fourth-order valence-electron chi connectivity index (χ4n) is 4.69. The third-order valence-corrected chi connectivity index (χ3v) is 8.15. The summed E-state index contributed by atoms with van der Waals surface area (Å²) in [6.07, 6.45) is 1.98. The van der Waals surface area contributed by atoms with Gasteiger partial charge in [-0.2, -0.15) is 13.2 Å². The number of halogens is 3. The normalized spacial score (nSPS) is 17.9. The van der Waals surface area contributed by atoms with Crippen LogP contribution in [0.4, 0.5) is 13.2 Å². The number of hydrogen-bond donors (Lipinski definition) is 1. The predicted octanol–water partition coefficient (Wildman–Crippen LogP) is 6.02. The van der Waals surface area contributed by atoms with Gasteiger partial charge in [-0.25, -0.2) is 8.42 Å². The molecule has 2 aliphatic rings. The molecule has 196 valence electrons. The van der Waals surface area contributed by atoms with Crippen LogP contribution in [0.5, 0.6) is 11.5 Å². The van der Waals surface area contributed by atoms with Crippen LogP contribution in [-0.4, -0.2) is 44.4 Å². The topological polar surface area (TPSA) is 72.6 Å². The van der Waals surface area contributed by atoms with E-state index in [-0.39, 0.29) is 17.2 Å². The number of fused-ring (bicyclic) bond motifs is 1. The Morgan fingerprint density at radius 2 is 1.78 bits per heavy atom. The summed E-state index contributed by atoms with van der Waals surface area (Å²) in [5, 5.41) is 0. The smallest absolute Gasteiger partial charge is 0.415 e. The number of nitrogens with two attached hydrogens (primary N) is 1. The lowest BCUT2D eigenvalue weighted by molar-refractivity contribution is -0.0985. The molecule has 0 amide bonds. The van der Waals surface area contributed by atoms with Crippen LogP contribution in [0.15, 0.2) is 94.6 Å². The number of likely N-dealkylation sites (N-methyl/N-ethyl adjacent to an activating group) is 1. The second-order valence-electron chi connectivity index (χ2n) is 8.92. The van der Waals surface area contributed by atoms with Crippen LogP contribution in [-0.2, 0) is 9.84 Å². The molecule has 0 spiro atoms. The van der Waals surface area contributed by atoms with Crippen molar-refractivity contribution in [1.82, 2.24) is 4.90 Å². The lowest BCUT2D eigenvalue weighted by atomic mass is 9.81. The minimum atomic E-state index is -4.46. The van der Waals surface area contributed by atoms with Gasteiger partial charge in [0.2, 0.25) is 0 Å². The number of hydrogen-bond acceptors (Lipinski definition) is 5. The third kappa shape index (κ3) is 5.67. The molecular formula is C28H29F3N2O3S. The SMILES string of the molecule is CCN1C=C(C)C(c2cccc(Oc3cccc(S(=O)(=O)CCCN)c3)c2)=C2C=CC=C(C(F)(F)F)C21. The molecule has 0 fully saturated rings. The van der Waals surface area contributed by atoms with Gasteiger partial charge in [-0.1, -0.05) is 36.4 Å². The molecule has 0 saturated carbocycles. The molecule has 2 aromatic carbocycles. The zero-order valence-electron chi connectivity index (χ0n) is 20.6. The van der Waals surface area contributed by atoms with Gasteiger partial charge < -0.3 is 15.4 Å². The summed E-state index contributed by atoms with van der Waals surface area (Å²) in [6, 6.07) is 12.4. The molecule has 0 radical (unpaired) electrons. The van der Waals surface area contributed by atoms with Crippen LogP contribution in [0.3, 0.4) is 0 Å². The number of allylic oxidation sites excluding steroid dienone is 4. The van der Waals surface area contributed by atoms with Gasteiger partial charge in [-0.3, -0.25) is 0 Å². The molecule has 4 rings (SSSR count). The maximum absolute atomic E-state index is 13.9. The summed E-state index contributed by atoms with van der Waals surface area (Å²) in [4.78, 5) is 1.85. The van der Waals surface area contributed by atoms with E-state index in [9.17, 15) is 21.6 Å². The van der Waals surface area contributed by atoms with E-state index >= 15 is 0 Å². The fraction of sp³-hybridized carbons (Fsp3) is 0.286. The van der Waals surface area contributed by atoms with Gasteiger partial charge in [0.15, 0.2) is 9.84 Å². The molecule has 1 atom stereocenters. The molecule has 1 unspecified atom stereocenters. The van der Waals surface area contributed by atoms with Crippen LogP contribution in [0.2, 0.25) is 0 Å². The van der Waals surface area contributed by atoms with Crippen LogP contribution in [0, 0.1) is 0 Å². The van der Waals surface area contributed by atoms with Gasteiger partial charge in [-0.05, 0) is 79.4 Å². The molecule has 2 aromatic rings. The molecule has 1 heterocycles. The van der Waals surface area contributed by atoms with E-state index in [1.54, 1.807) is 47.5 Å². The Balaban J connectivity index is 1.70. The molecule has 1 aliphatic heterocycles. The van der Waals surface area contributed by atoms with Crippen molar-refractivity contribution in [3.05, 3.63) is 95.2 Å². The average Bonchev–Trinajstić information content (AvgIpc) is 2.86. The lowest BCUT2D eigenvalue weighted by Gasteiger charge is -2.40. The van der Waals surface area contributed by atoms with Crippen molar-refractivity contribution in [2.45, 2.75) is 37.4 Å².